The van der Waals surface area contributed by atoms with Crippen molar-refractivity contribution in [1.29, 1.82) is 0 Å². The lowest BCUT2D eigenvalue weighted by molar-refractivity contribution is -0.174. The van der Waals surface area contributed by atoms with E-state index in [4.69, 9.17) is 0 Å². The molecular weight excluding hydrogens is 262 g/mol. The number of carbonyl (C=O) groups excluding carboxylic acids is 1. The van der Waals surface area contributed by atoms with Crippen molar-refractivity contribution >= 4 is 5.78 Å². The highest BCUT2D eigenvalue weighted by atomic mass is 19.3. The van der Waals surface area contributed by atoms with Gasteiger partial charge in [0.25, 0.3) is 0 Å². The fourth-order valence-corrected chi connectivity index (χ4v) is 3.54. The Kier molecular flexibility index (Phi) is 3.12. The van der Waals surface area contributed by atoms with E-state index in [1.165, 1.54) is 6.92 Å². The Hall–Kier alpha value is -1.36. The number of piperidine rings is 1. The number of pyridine rings is 1. The molecule has 0 aromatic carbocycles. The lowest BCUT2D eigenvalue weighted by Crippen LogP contribution is -2.52. The molecule has 1 saturated heterocycles. The lowest BCUT2D eigenvalue weighted by atomic mass is 9.59. The number of rotatable bonds is 2. The third kappa shape index (κ3) is 2.46. The molecule has 1 aliphatic carbocycles. The second-order valence-electron chi connectivity index (χ2n) is 6.20. The van der Waals surface area contributed by atoms with Crippen LogP contribution in [0.5, 0.6) is 0 Å². The molecule has 0 amide bonds. The summed E-state index contributed by atoms with van der Waals surface area (Å²) in [5.74, 6) is -2.54. The van der Waals surface area contributed by atoms with Crippen LogP contribution in [0.3, 0.4) is 0 Å². The molecule has 1 spiro atoms. The Morgan fingerprint density at radius 3 is 2.70 bits per heavy atom. The third-order valence-corrected chi connectivity index (χ3v) is 4.50. The number of halogens is 2. The summed E-state index contributed by atoms with van der Waals surface area (Å²) in [4.78, 5) is 15.3. The molecule has 1 saturated carbocycles. The van der Waals surface area contributed by atoms with Crippen molar-refractivity contribution in [2.24, 2.45) is 5.41 Å². The zero-order valence-electron chi connectivity index (χ0n) is 11.5. The van der Waals surface area contributed by atoms with Crippen LogP contribution in [0.25, 0.3) is 0 Å². The summed E-state index contributed by atoms with van der Waals surface area (Å²) < 4.78 is 26.3. The van der Waals surface area contributed by atoms with Gasteiger partial charge < -0.3 is 5.32 Å². The van der Waals surface area contributed by atoms with Crippen LogP contribution in [0.1, 0.15) is 54.7 Å². The zero-order valence-corrected chi connectivity index (χ0v) is 11.5. The standard InChI is InChI=1S/C15H18F2N2O/c1-10(20)12-3-2-11(7-19-12)13-6-14(4-5-18-13)8-15(16,17)9-14/h2-3,7,13,18H,4-6,8-9H2,1H3. The first-order valence-electron chi connectivity index (χ1n) is 6.97. The van der Waals surface area contributed by atoms with E-state index in [9.17, 15) is 13.6 Å². The molecule has 3 rings (SSSR count). The molecular formula is C15H18F2N2O. The van der Waals surface area contributed by atoms with Crippen LogP contribution in [-0.2, 0) is 0 Å². The van der Waals surface area contributed by atoms with Gasteiger partial charge in [-0.15, -0.1) is 0 Å². The minimum atomic E-state index is -2.47. The average Bonchev–Trinajstić information content (AvgIpc) is 2.36. The van der Waals surface area contributed by atoms with Gasteiger partial charge in [-0.2, -0.15) is 0 Å². The smallest absolute Gasteiger partial charge is 0.249 e. The van der Waals surface area contributed by atoms with Gasteiger partial charge in [-0.1, -0.05) is 6.07 Å². The van der Waals surface area contributed by atoms with Gasteiger partial charge in [0.2, 0.25) is 5.92 Å². The van der Waals surface area contributed by atoms with Gasteiger partial charge >= 0.3 is 0 Å². The van der Waals surface area contributed by atoms with Crippen molar-refractivity contribution < 1.29 is 13.6 Å². The topological polar surface area (TPSA) is 42.0 Å². The lowest BCUT2D eigenvalue weighted by Gasteiger charge is -2.52. The summed E-state index contributed by atoms with van der Waals surface area (Å²) in [5.41, 5.74) is 1.21. The fourth-order valence-electron chi connectivity index (χ4n) is 3.54. The molecule has 1 N–H and O–H groups in total. The van der Waals surface area contributed by atoms with E-state index in [0.717, 1.165) is 24.9 Å². The Morgan fingerprint density at radius 1 is 1.40 bits per heavy atom. The summed E-state index contributed by atoms with van der Waals surface area (Å²) in [6.07, 6.45) is 3.25. The second kappa shape index (κ2) is 4.58. The van der Waals surface area contributed by atoms with Gasteiger partial charge in [0, 0.05) is 32.0 Å². The molecule has 0 radical (unpaired) electrons. The number of Topliss-reactive ketones (excluding diaryl/α,β-unsaturated/α-hetero) is 1. The van der Waals surface area contributed by atoms with Gasteiger partial charge in [0.05, 0.1) is 0 Å². The van der Waals surface area contributed by atoms with E-state index in [1.54, 1.807) is 12.3 Å². The van der Waals surface area contributed by atoms with Crippen LogP contribution >= 0.6 is 0 Å². The van der Waals surface area contributed by atoms with Crippen LogP contribution < -0.4 is 5.32 Å². The number of nitrogens with one attached hydrogen (secondary N) is 1. The third-order valence-electron chi connectivity index (χ3n) is 4.50. The minimum absolute atomic E-state index is 0.0110. The maximum atomic E-state index is 13.2. The highest BCUT2D eigenvalue weighted by molar-refractivity contribution is 5.91. The Balaban J connectivity index is 1.73. The van der Waals surface area contributed by atoms with E-state index >= 15 is 0 Å². The normalized spacial score (nSPS) is 27.1. The predicted octanol–water partition coefficient (Wildman–Crippen LogP) is 3.12. The molecule has 1 unspecified atom stereocenters. The zero-order chi connectivity index (χ0) is 14.4. The molecule has 20 heavy (non-hydrogen) atoms. The quantitative estimate of drug-likeness (QED) is 0.846. The molecule has 1 aromatic heterocycles. The van der Waals surface area contributed by atoms with Crippen LogP contribution in [-0.4, -0.2) is 23.2 Å². The molecule has 5 heteroatoms. The molecule has 1 atom stereocenters. The van der Waals surface area contributed by atoms with Crippen molar-refractivity contribution in [3.05, 3.63) is 29.6 Å². The molecule has 1 aromatic rings. The van der Waals surface area contributed by atoms with Crippen LogP contribution in [0, 0.1) is 5.41 Å². The average molecular weight is 280 g/mol. The van der Waals surface area contributed by atoms with Gasteiger partial charge in [-0.3, -0.25) is 9.78 Å². The maximum Gasteiger partial charge on any atom is 0.249 e. The summed E-state index contributed by atoms with van der Waals surface area (Å²) >= 11 is 0. The number of aromatic nitrogens is 1. The van der Waals surface area contributed by atoms with E-state index in [0.29, 0.717) is 5.69 Å². The first-order chi connectivity index (χ1) is 9.39. The second-order valence-corrected chi connectivity index (χ2v) is 6.20. The minimum Gasteiger partial charge on any atom is -0.310 e. The molecule has 2 aliphatic rings. The monoisotopic (exact) mass is 280 g/mol. The van der Waals surface area contributed by atoms with E-state index in [-0.39, 0.29) is 30.1 Å². The molecule has 108 valence electrons. The van der Waals surface area contributed by atoms with Crippen LogP contribution in [0.15, 0.2) is 18.3 Å². The number of nitrogens with zero attached hydrogens (tertiary/aromatic N) is 1. The van der Waals surface area contributed by atoms with Gasteiger partial charge in [0.1, 0.15) is 5.69 Å². The van der Waals surface area contributed by atoms with Crippen LogP contribution in [0.2, 0.25) is 0 Å². The maximum absolute atomic E-state index is 13.2. The molecule has 1 aliphatic heterocycles. The largest absolute Gasteiger partial charge is 0.310 e. The Labute approximate surface area is 116 Å². The van der Waals surface area contributed by atoms with Crippen molar-refractivity contribution in [3.8, 4) is 0 Å². The first kappa shape index (κ1) is 13.6. The van der Waals surface area contributed by atoms with Crippen molar-refractivity contribution in [2.75, 3.05) is 6.54 Å². The van der Waals surface area contributed by atoms with Gasteiger partial charge in [-0.25, -0.2) is 8.78 Å². The highest BCUT2D eigenvalue weighted by Gasteiger charge is 2.57. The highest BCUT2D eigenvalue weighted by Crippen LogP contribution is 2.58. The van der Waals surface area contributed by atoms with Crippen LogP contribution in [0.4, 0.5) is 8.78 Å². The van der Waals surface area contributed by atoms with Crippen molar-refractivity contribution in [1.82, 2.24) is 10.3 Å². The van der Waals surface area contributed by atoms with Crippen molar-refractivity contribution in [2.45, 2.75) is 44.6 Å². The molecule has 2 fully saturated rings. The summed E-state index contributed by atoms with van der Waals surface area (Å²) in [7, 11) is 0. The van der Waals surface area contributed by atoms with E-state index < -0.39 is 5.92 Å². The predicted molar refractivity (Wildman–Crippen MR) is 70.8 cm³/mol. The molecule has 2 heterocycles. The number of carbonyl (C=O) groups is 1. The van der Waals surface area contributed by atoms with E-state index in [2.05, 4.69) is 10.3 Å². The number of hydrogen-bond acceptors (Lipinski definition) is 3. The van der Waals surface area contributed by atoms with Gasteiger partial charge in [0.15, 0.2) is 5.78 Å². The Morgan fingerprint density at radius 2 is 2.15 bits per heavy atom. The number of hydrogen-bond donors (Lipinski definition) is 1. The Bertz CT molecular complexity index is 519. The molecule has 3 nitrogen and oxygen atoms in total. The van der Waals surface area contributed by atoms with Gasteiger partial charge in [-0.05, 0) is 36.4 Å². The summed E-state index contributed by atoms with van der Waals surface area (Å²) in [6, 6.07) is 3.64. The van der Waals surface area contributed by atoms with E-state index in [1.807, 2.05) is 6.07 Å². The first-order valence-corrected chi connectivity index (χ1v) is 6.97. The fraction of sp³-hybridized carbons (Fsp3) is 0.600. The van der Waals surface area contributed by atoms with Crippen molar-refractivity contribution in [3.63, 3.8) is 0 Å². The SMILES string of the molecule is CC(=O)c1ccc(C2CC3(CCN2)CC(F)(F)C3)cn1. The number of alkyl halides is 2. The summed E-state index contributed by atoms with van der Waals surface area (Å²) in [6.45, 7) is 2.24. The summed E-state index contributed by atoms with van der Waals surface area (Å²) in [5, 5.41) is 3.36. The molecule has 0 bridgehead atoms. The number of ketones is 1.